The average Bonchev–Trinajstić information content (AvgIpc) is 2.27. The highest BCUT2D eigenvalue weighted by molar-refractivity contribution is 9.10. The largest absolute Gasteiger partial charge is 0.394 e. The monoisotopic (exact) mass is 299 g/mol. The van der Waals surface area contributed by atoms with Crippen LogP contribution < -0.4 is 0 Å². The van der Waals surface area contributed by atoms with E-state index >= 15 is 0 Å². The molecule has 0 atom stereocenters. The van der Waals surface area contributed by atoms with Gasteiger partial charge < -0.3 is 10.0 Å². The third-order valence-electron chi connectivity index (χ3n) is 2.95. The summed E-state index contributed by atoms with van der Waals surface area (Å²) in [5.41, 5.74) is 1.14. The topological polar surface area (TPSA) is 40.5 Å². The molecule has 1 rings (SSSR count). The van der Waals surface area contributed by atoms with Crippen LogP contribution >= 0.6 is 15.9 Å². The molecule has 0 aromatic heterocycles. The van der Waals surface area contributed by atoms with Crippen molar-refractivity contribution in [3.63, 3.8) is 0 Å². The first-order valence-corrected chi connectivity index (χ1v) is 6.24. The van der Waals surface area contributed by atoms with Crippen LogP contribution in [0.15, 0.2) is 22.7 Å². The fourth-order valence-electron chi connectivity index (χ4n) is 1.36. The number of aryl methyl sites for hydroxylation is 1. The lowest BCUT2D eigenvalue weighted by Crippen LogP contribution is -2.47. The van der Waals surface area contributed by atoms with Crippen molar-refractivity contribution in [1.29, 1.82) is 0 Å². The second-order valence-electron chi connectivity index (χ2n) is 4.82. The number of hydrogen-bond acceptors (Lipinski definition) is 2. The van der Waals surface area contributed by atoms with Crippen LogP contribution in [0.2, 0.25) is 0 Å². The van der Waals surface area contributed by atoms with E-state index in [1.54, 1.807) is 18.0 Å². The zero-order valence-corrected chi connectivity index (χ0v) is 12.2. The van der Waals surface area contributed by atoms with Crippen LogP contribution in [0.25, 0.3) is 0 Å². The summed E-state index contributed by atoms with van der Waals surface area (Å²) in [4.78, 5) is 13.8. The van der Waals surface area contributed by atoms with Crippen LogP contribution in [-0.2, 0) is 0 Å². The Morgan fingerprint density at radius 1 is 1.47 bits per heavy atom. The molecule has 0 heterocycles. The van der Waals surface area contributed by atoms with E-state index in [4.69, 9.17) is 0 Å². The van der Waals surface area contributed by atoms with Crippen molar-refractivity contribution in [2.45, 2.75) is 26.3 Å². The Morgan fingerprint density at radius 2 is 2.06 bits per heavy atom. The maximum Gasteiger partial charge on any atom is 0.255 e. The third-order valence-corrected chi connectivity index (χ3v) is 3.61. The van der Waals surface area contributed by atoms with E-state index in [0.29, 0.717) is 5.56 Å². The van der Waals surface area contributed by atoms with Gasteiger partial charge in [0.1, 0.15) is 0 Å². The number of benzene rings is 1. The number of halogens is 1. The maximum atomic E-state index is 12.3. The van der Waals surface area contributed by atoms with Crippen molar-refractivity contribution >= 4 is 21.8 Å². The summed E-state index contributed by atoms with van der Waals surface area (Å²) < 4.78 is 0.781. The SMILES string of the molecule is Cc1ccc(C(=O)N(C)C(C)(C)CO)c(Br)c1. The van der Waals surface area contributed by atoms with Crippen molar-refractivity contribution < 1.29 is 9.90 Å². The number of aliphatic hydroxyl groups excluding tert-OH is 1. The van der Waals surface area contributed by atoms with E-state index in [-0.39, 0.29) is 12.5 Å². The lowest BCUT2D eigenvalue weighted by molar-refractivity contribution is 0.0472. The summed E-state index contributed by atoms with van der Waals surface area (Å²) in [5.74, 6) is -0.101. The molecule has 0 aliphatic carbocycles. The fourth-order valence-corrected chi connectivity index (χ4v) is 2.02. The first-order chi connectivity index (χ1) is 7.79. The van der Waals surface area contributed by atoms with E-state index in [2.05, 4.69) is 15.9 Å². The van der Waals surface area contributed by atoms with Gasteiger partial charge in [-0.3, -0.25) is 4.79 Å². The number of amides is 1. The van der Waals surface area contributed by atoms with Gasteiger partial charge in [0.25, 0.3) is 5.91 Å². The Kier molecular flexibility index (Phi) is 4.33. The molecule has 1 aromatic rings. The highest BCUT2D eigenvalue weighted by Crippen LogP contribution is 2.22. The predicted octanol–water partition coefficient (Wildman–Crippen LogP) is 2.60. The Bertz CT molecular complexity index is 429. The van der Waals surface area contributed by atoms with Crippen LogP contribution in [0.5, 0.6) is 0 Å². The van der Waals surface area contributed by atoms with Gasteiger partial charge in [-0.1, -0.05) is 6.07 Å². The molecule has 0 aliphatic heterocycles. The summed E-state index contributed by atoms with van der Waals surface area (Å²) >= 11 is 3.39. The zero-order chi connectivity index (χ0) is 13.2. The summed E-state index contributed by atoms with van der Waals surface area (Å²) in [5, 5.41) is 9.27. The van der Waals surface area contributed by atoms with Crippen LogP contribution in [0.3, 0.4) is 0 Å². The minimum atomic E-state index is -0.568. The van der Waals surface area contributed by atoms with Gasteiger partial charge in [0.05, 0.1) is 17.7 Å². The molecule has 3 nitrogen and oxygen atoms in total. The van der Waals surface area contributed by atoms with E-state index < -0.39 is 5.54 Å². The molecular weight excluding hydrogens is 282 g/mol. The number of rotatable bonds is 3. The quantitative estimate of drug-likeness (QED) is 0.932. The van der Waals surface area contributed by atoms with Gasteiger partial charge in [-0.05, 0) is 54.4 Å². The van der Waals surface area contributed by atoms with Gasteiger partial charge in [-0.2, -0.15) is 0 Å². The molecule has 0 spiro atoms. The lowest BCUT2D eigenvalue weighted by Gasteiger charge is -2.34. The van der Waals surface area contributed by atoms with E-state index in [1.165, 1.54) is 0 Å². The molecule has 0 fully saturated rings. The second-order valence-corrected chi connectivity index (χ2v) is 5.67. The Balaban J connectivity index is 3.05. The summed E-state index contributed by atoms with van der Waals surface area (Å²) in [6.45, 7) is 5.55. The van der Waals surface area contributed by atoms with Crippen molar-refractivity contribution in [3.8, 4) is 0 Å². The number of carbonyl (C=O) groups is 1. The molecule has 0 saturated heterocycles. The standard InChI is InChI=1S/C13H18BrNO2/c1-9-5-6-10(11(14)7-9)12(17)15(4)13(2,3)8-16/h5-7,16H,8H2,1-4H3. The highest BCUT2D eigenvalue weighted by Gasteiger charge is 2.28. The number of likely N-dealkylation sites (N-methyl/N-ethyl adjacent to an activating group) is 1. The molecule has 0 radical (unpaired) electrons. The summed E-state index contributed by atoms with van der Waals surface area (Å²) in [6.07, 6.45) is 0. The van der Waals surface area contributed by atoms with Gasteiger partial charge in [0.15, 0.2) is 0 Å². The molecule has 0 unspecified atom stereocenters. The second kappa shape index (κ2) is 5.19. The fraction of sp³-hybridized carbons (Fsp3) is 0.462. The molecule has 1 N–H and O–H groups in total. The molecule has 1 amide bonds. The van der Waals surface area contributed by atoms with Crippen molar-refractivity contribution in [3.05, 3.63) is 33.8 Å². The molecule has 94 valence electrons. The molecule has 0 aliphatic rings. The Labute approximate surface area is 111 Å². The van der Waals surface area contributed by atoms with Crippen LogP contribution in [-0.4, -0.2) is 35.1 Å². The molecule has 1 aromatic carbocycles. The minimum absolute atomic E-state index is 0.0707. The molecule has 4 heteroatoms. The summed E-state index contributed by atoms with van der Waals surface area (Å²) in [6, 6.07) is 5.61. The van der Waals surface area contributed by atoms with Crippen molar-refractivity contribution in [1.82, 2.24) is 4.90 Å². The van der Waals surface area contributed by atoms with Crippen molar-refractivity contribution in [2.75, 3.05) is 13.7 Å². The predicted molar refractivity (Wildman–Crippen MR) is 72.1 cm³/mol. The number of carbonyl (C=O) groups excluding carboxylic acids is 1. The van der Waals surface area contributed by atoms with Crippen LogP contribution in [0.1, 0.15) is 29.8 Å². The Morgan fingerprint density at radius 3 is 2.53 bits per heavy atom. The smallest absolute Gasteiger partial charge is 0.255 e. The number of nitrogens with zero attached hydrogens (tertiary/aromatic N) is 1. The van der Waals surface area contributed by atoms with E-state index in [1.807, 2.05) is 32.9 Å². The number of hydrogen-bond donors (Lipinski definition) is 1. The molecular formula is C13H18BrNO2. The van der Waals surface area contributed by atoms with Gasteiger partial charge >= 0.3 is 0 Å². The molecule has 0 bridgehead atoms. The molecule has 17 heavy (non-hydrogen) atoms. The lowest BCUT2D eigenvalue weighted by atomic mass is 10.0. The highest BCUT2D eigenvalue weighted by atomic mass is 79.9. The molecule has 0 saturated carbocycles. The number of aliphatic hydroxyl groups is 1. The summed E-state index contributed by atoms with van der Waals surface area (Å²) in [7, 11) is 1.70. The minimum Gasteiger partial charge on any atom is -0.394 e. The average molecular weight is 300 g/mol. The van der Waals surface area contributed by atoms with E-state index in [0.717, 1.165) is 10.0 Å². The van der Waals surface area contributed by atoms with Crippen molar-refractivity contribution in [2.24, 2.45) is 0 Å². The van der Waals surface area contributed by atoms with Gasteiger partial charge in [-0.15, -0.1) is 0 Å². The Hall–Kier alpha value is -0.870. The van der Waals surface area contributed by atoms with Crippen LogP contribution in [0.4, 0.5) is 0 Å². The van der Waals surface area contributed by atoms with Gasteiger partial charge in [0.2, 0.25) is 0 Å². The first kappa shape index (κ1) is 14.2. The first-order valence-electron chi connectivity index (χ1n) is 5.45. The maximum absolute atomic E-state index is 12.3. The van der Waals surface area contributed by atoms with Crippen LogP contribution in [0, 0.1) is 6.92 Å². The normalized spacial score (nSPS) is 11.4. The van der Waals surface area contributed by atoms with Gasteiger partial charge in [0, 0.05) is 11.5 Å². The zero-order valence-electron chi connectivity index (χ0n) is 10.6. The van der Waals surface area contributed by atoms with Gasteiger partial charge in [-0.25, -0.2) is 0 Å². The third kappa shape index (κ3) is 3.07. The van der Waals surface area contributed by atoms with E-state index in [9.17, 15) is 9.90 Å².